The van der Waals surface area contributed by atoms with Crippen molar-refractivity contribution in [3.8, 4) is 11.6 Å². The van der Waals surface area contributed by atoms with Crippen molar-refractivity contribution in [2.45, 2.75) is 44.9 Å². The van der Waals surface area contributed by atoms with Gasteiger partial charge in [-0.05, 0) is 49.8 Å². The average Bonchev–Trinajstić information content (AvgIpc) is 2.95. The van der Waals surface area contributed by atoms with Crippen LogP contribution < -0.4 is 5.69 Å². The fourth-order valence-corrected chi connectivity index (χ4v) is 3.14. The van der Waals surface area contributed by atoms with E-state index in [4.69, 9.17) is 4.74 Å². The highest BCUT2D eigenvalue weighted by Gasteiger charge is 2.07. The minimum absolute atomic E-state index is 0.0737. The number of benzene rings is 1. The van der Waals surface area contributed by atoms with Gasteiger partial charge in [-0.3, -0.25) is 0 Å². The SMILES string of the molecule is O=c1[nH]cc(O)n1-c1cccc(CCCCCOCCCCCBr)c1. The summed E-state index contributed by atoms with van der Waals surface area (Å²) in [4.78, 5) is 14.2. The van der Waals surface area contributed by atoms with Crippen LogP contribution in [0.15, 0.2) is 35.3 Å². The van der Waals surface area contributed by atoms with Gasteiger partial charge in [0.15, 0.2) is 0 Å². The Kier molecular flexibility index (Phi) is 8.83. The summed E-state index contributed by atoms with van der Waals surface area (Å²) in [6.07, 6.45) is 9.13. The van der Waals surface area contributed by atoms with Crippen LogP contribution in [-0.4, -0.2) is 33.2 Å². The van der Waals surface area contributed by atoms with Crippen molar-refractivity contribution in [1.82, 2.24) is 9.55 Å². The van der Waals surface area contributed by atoms with Gasteiger partial charge in [-0.15, -0.1) is 0 Å². The molecule has 25 heavy (non-hydrogen) atoms. The summed E-state index contributed by atoms with van der Waals surface area (Å²) < 4.78 is 6.91. The van der Waals surface area contributed by atoms with Gasteiger partial charge < -0.3 is 14.8 Å². The van der Waals surface area contributed by atoms with Crippen molar-refractivity contribution >= 4 is 15.9 Å². The molecule has 1 heterocycles. The quantitative estimate of drug-likeness (QED) is 0.407. The number of rotatable bonds is 12. The molecule has 0 saturated heterocycles. The van der Waals surface area contributed by atoms with E-state index in [-0.39, 0.29) is 11.6 Å². The van der Waals surface area contributed by atoms with E-state index in [1.807, 2.05) is 18.2 Å². The first-order chi connectivity index (χ1) is 12.2. The minimum atomic E-state index is -0.331. The number of halogens is 1. The second kappa shape index (κ2) is 11.2. The summed E-state index contributed by atoms with van der Waals surface area (Å²) in [5, 5.41) is 10.8. The van der Waals surface area contributed by atoms with Gasteiger partial charge in [0.25, 0.3) is 0 Å². The van der Waals surface area contributed by atoms with Gasteiger partial charge in [-0.25, -0.2) is 9.36 Å². The topological polar surface area (TPSA) is 67.2 Å². The molecule has 0 radical (unpaired) electrons. The van der Waals surface area contributed by atoms with E-state index in [0.717, 1.165) is 50.6 Å². The molecule has 0 aliphatic rings. The standard InChI is InChI=1S/C19H27BrN2O3/c20-11-4-2-6-13-25-12-5-1-3-8-16-9-7-10-17(14-16)22-18(23)15-21-19(22)24/h7,9-10,14-15,23H,1-6,8,11-13H2,(H,21,24). The number of nitrogens with zero attached hydrogens (tertiary/aromatic N) is 1. The van der Waals surface area contributed by atoms with Crippen LogP contribution in [0.5, 0.6) is 5.88 Å². The van der Waals surface area contributed by atoms with Gasteiger partial charge >= 0.3 is 5.69 Å². The Morgan fingerprint density at radius 3 is 2.52 bits per heavy atom. The molecule has 0 spiro atoms. The number of alkyl halides is 1. The lowest BCUT2D eigenvalue weighted by Crippen LogP contribution is -2.14. The predicted molar refractivity (Wildman–Crippen MR) is 104 cm³/mol. The van der Waals surface area contributed by atoms with Gasteiger partial charge in [-0.2, -0.15) is 0 Å². The lowest BCUT2D eigenvalue weighted by molar-refractivity contribution is 0.126. The zero-order chi connectivity index (χ0) is 17.9. The Bertz CT molecular complexity index is 681. The van der Waals surface area contributed by atoms with Crippen LogP contribution in [0, 0.1) is 0 Å². The zero-order valence-electron chi connectivity index (χ0n) is 14.5. The monoisotopic (exact) mass is 410 g/mol. The molecular weight excluding hydrogens is 384 g/mol. The fourth-order valence-electron chi connectivity index (χ4n) is 2.75. The summed E-state index contributed by atoms with van der Waals surface area (Å²) in [5.74, 6) is -0.0737. The van der Waals surface area contributed by atoms with Crippen LogP contribution in [0.25, 0.3) is 5.69 Å². The second-order valence-corrected chi connectivity index (χ2v) is 6.92. The van der Waals surface area contributed by atoms with E-state index in [0.29, 0.717) is 5.69 Å². The van der Waals surface area contributed by atoms with Crippen molar-refractivity contribution < 1.29 is 9.84 Å². The molecule has 1 aromatic heterocycles. The molecule has 0 unspecified atom stereocenters. The Hall–Kier alpha value is -1.53. The molecule has 0 saturated carbocycles. The van der Waals surface area contributed by atoms with Crippen molar-refractivity contribution in [3.05, 3.63) is 46.5 Å². The normalized spacial score (nSPS) is 11.1. The van der Waals surface area contributed by atoms with E-state index in [1.165, 1.54) is 29.2 Å². The first-order valence-corrected chi connectivity index (χ1v) is 10.1. The Morgan fingerprint density at radius 1 is 1.08 bits per heavy atom. The van der Waals surface area contributed by atoms with E-state index in [9.17, 15) is 9.90 Å². The highest BCUT2D eigenvalue weighted by molar-refractivity contribution is 9.09. The summed E-state index contributed by atoms with van der Waals surface area (Å²) in [7, 11) is 0. The molecule has 1 aromatic carbocycles. The molecule has 2 aromatic rings. The number of H-pyrrole nitrogens is 1. The predicted octanol–water partition coefficient (Wildman–Crippen LogP) is 4.17. The number of aryl methyl sites for hydroxylation is 1. The molecule has 0 bridgehead atoms. The first-order valence-electron chi connectivity index (χ1n) is 8.95. The van der Waals surface area contributed by atoms with E-state index in [1.54, 1.807) is 0 Å². The van der Waals surface area contributed by atoms with Crippen LogP contribution in [-0.2, 0) is 11.2 Å². The number of aromatic amines is 1. The van der Waals surface area contributed by atoms with Crippen LogP contribution in [0.4, 0.5) is 0 Å². The molecule has 138 valence electrons. The highest BCUT2D eigenvalue weighted by Crippen LogP contribution is 2.16. The third kappa shape index (κ3) is 6.71. The zero-order valence-corrected chi connectivity index (χ0v) is 16.1. The molecule has 0 aliphatic carbocycles. The average molecular weight is 411 g/mol. The number of ether oxygens (including phenoxy) is 1. The molecule has 0 amide bonds. The summed E-state index contributed by atoms with van der Waals surface area (Å²) in [6, 6.07) is 7.75. The number of aromatic nitrogens is 2. The van der Waals surface area contributed by atoms with Gasteiger partial charge in [0.05, 0.1) is 11.9 Å². The van der Waals surface area contributed by atoms with Crippen molar-refractivity contribution in [2.75, 3.05) is 18.5 Å². The lowest BCUT2D eigenvalue weighted by atomic mass is 10.1. The van der Waals surface area contributed by atoms with Crippen LogP contribution in [0.2, 0.25) is 0 Å². The lowest BCUT2D eigenvalue weighted by Gasteiger charge is -2.07. The molecular formula is C19H27BrN2O3. The molecule has 5 nitrogen and oxygen atoms in total. The van der Waals surface area contributed by atoms with Crippen LogP contribution >= 0.6 is 15.9 Å². The third-order valence-corrected chi connectivity index (χ3v) is 4.66. The highest BCUT2D eigenvalue weighted by atomic mass is 79.9. The summed E-state index contributed by atoms with van der Waals surface area (Å²) in [6.45, 7) is 1.70. The number of nitrogens with one attached hydrogen (secondary N) is 1. The maximum Gasteiger partial charge on any atom is 0.333 e. The van der Waals surface area contributed by atoms with Crippen molar-refractivity contribution in [2.24, 2.45) is 0 Å². The maximum absolute atomic E-state index is 11.7. The van der Waals surface area contributed by atoms with Crippen LogP contribution in [0.3, 0.4) is 0 Å². The summed E-state index contributed by atoms with van der Waals surface area (Å²) >= 11 is 3.43. The van der Waals surface area contributed by atoms with Crippen LogP contribution in [0.1, 0.15) is 44.1 Å². The Labute approximate surface area is 157 Å². The number of aromatic hydroxyl groups is 1. The minimum Gasteiger partial charge on any atom is -0.493 e. The van der Waals surface area contributed by atoms with Crippen molar-refractivity contribution in [1.29, 1.82) is 0 Å². The van der Waals surface area contributed by atoms with Crippen molar-refractivity contribution in [3.63, 3.8) is 0 Å². The van der Waals surface area contributed by atoms with E-state index < -0.39 is 0 Å². The van der Waals surface area contributed by atoms with E-state index in [2.05, 4.69) is 27.0 Å². The van der Waals surface area contributed by atoms with Gasteiger partial charge in [0.1, 0.15) is 0 Å². The fraction of sp³-hybridized carbons (Fsp3) is 0.526. The Balaban J connectivity index is 1.67. The van der Waals surface area contributed by atoms with Gasteiger partial charge in [-0.1, -0.05) is 40.9 Å². The largest absolute Gasteiger partial charge is 0.493 e. The van der Waals surface area contributed by atoms with Gasteiger partial charge in [0, 0.05) is 18.5 Å². The number of unbranched alkanes of at least 4 members (excludes halogenated alkanes) is 4. The van der Waals surface area contributed by atoms with E-state index >= 15 is 0 Å². The number of hydrogen-bond donors (Lipinski definition) is 2. The molecule has 6 heteroatoms. The molecule has 2 N–H and O–H groups in total. The summed E-state index contributed by atoms with van der Waals surface area (Å²) in [5.41, 5.74) is 1.52. The molecule has 0 atom stereocenters. The molecule has 2 rings (SSSR count). The molecule has 0 fully saturated rings. The third-order valence-electron chi connectivity index (χ3n) is 4.10. The number of hydrogen-bond acceptors (Lipinski definition) is 3. The smallest absolute Gasteiger partial charge is 0.333 e. The molecule has 0 aliphatic heterocycles. The first kappa shape index (κ1) is 19.8. The maximum atomic E-state index is 11.7. The second-order valence-electron chi connectivity index (χ2n) is 6.13. The Morgan fingerprint density at radius 2 is 1.84 bits per heavy atom. The number of imidazole rings is 1. The van der Waals surface area contributed by atoms with Gasteiger partial charge in [0.2, 0.25) is 5.88 Å².